The van der Waals surface area contributed by atoms with Crippen LogP contribution in [0.4, 0.5) is 0 Å². The highest BCUT2D eigenvalue weighted by Crippen LogP contribution is 2.12. The van der Waals surface area contributed by atoms with Crippen LogP contribution in [0.2, 0.25) is 19.1 Å². The summed E-state index contributed by atoms with van der Waals surface area (Å²) in [6.07, 6.45) is 1.26. The molecule has 0 heterocycles. The molecule has 0 aromatic carbocycles. The maximum Gasteiger partial charge on any atom is 0.186 e. The zero-order chi connectivity index (χ0) is 7.33. The van der Waals surface area contributed by atoms with Crippen molar-refractivity contribution in [3.8, 4) is 0 Å². The van der Waals surface area contributed by atoms with E-state index in [2.05, 4.69) is 26.9 Å². The Balaban J connectivity index is 0. The van der Waals surface area contributed by atoms with Crippen LogP contribution in [0.5, 0.6) is 0 Å². The second-order valence-electron chi connectivity index (χ2n) is 2.94. The van der Waals surface area contributed by atoms with Crippen molar-refractivity contribution in [2.24, 2.45) is 0 Å². The highest BCUT2D eigenvalue weighted by Gasteiger charge is 2.19. The van der Waals surface area contributed by atoms with Crippen molar-refractivity contribution in [2.45, 2.75) is 39.4 Å². The Morgan fingerprint density at radius 1 is 1.20 bits per heavy atom. The summed E-state index contributed by atoms with van der Waals surface area (Å²) < 4.78 is 5.61. The first-order chi connectivity index (χ1) is 4.12. The minimum Gasteiger partial charge on any atom is -0.418 e. The first-order valence-corrected chi connectivity index (χ1v) is 6.88. The summed E-state index contributed by atoms with van der Waals surface area (Å²) in [7, 11) is -1.20. The highest BCUT2D eigenvalue weighted by molar-refractivity contribution is 6.71. The fourth-order valence-corrected chi connectivity index (χ4v) is 3.19. The second kappa shape index (κ2) is 5.89. The van der Waals surface area contributed by atoms with Gasteiger partial charge in [0.15, 0.2) is 8.32 Å². The Kier molecular flexibility index (Phi) is 7.52. The van der Waals surface area contributed by atoms with Crippen molar-refractivity contribution < 1.29 is 4.43 Å². The largest absolute Gasteiger partial charge is 0.418 e. The van der Waals surface area contributed by atoms with Crippen LogP contribution >= 0.6 is 0 Å². The molecule has 0 aliphatic heterocycles. The predicted molar refractivity (Wildman–Crippen MR) is 49.2 cm³/mol. The molecule has 0 bridgehead atoms. The van der Waals surface area contributed by atoms with Crippen molar-refractivity contribution in [1.29, 1.82) is 0 Å². The van der Waals surface area contributed by atoms with Crippen molar-refractivity contribution in [1.82, 2.24) is 6.15 Å². The summed E-state index contributed by atoms with van der Waals surface area (Å²) in [4.78, 5) is 0. The Labute approximate surface area is 65.7 Å². The Morgan fingerprint density at radius 3 is 2.00 bits per heavy atom. The lowest BCUT2D eigenvalue weighted by molar-refractivity contribution is 0.328. The fraction of sp³-hybridized carbons (Fsp3) is 1.00. The van der Waals surface area contributed by atoms with Gasteiger partial charge >= 0.3 is 0 Å². The third-order valence-corrected chi connectivity index (χ3v) is 4.16. The maximum atomic E-state index is 5.61. The van der Waals surface area contributed by atoms with Gasteiger partial charge in [0, 0.05) is 6.61 Å². The molecule has 3 N–H and O–H groups in total. The van der Waals surface area contributed by atoms with E-state index in [1.807, 2.05) is 0 Å². The molecule has 0 aliphatic carbocycles. The van der Waals surface area contributed by atoms with E-state index < -0.39 is 8.32 Å². The molecule has 0 amide bonds. The second-order valence-corrected chi connectivity index (χ2v) is 7.25. The van der Waals surface area contributed by atoms with Crippen molar-refractivity contribution in [3.05, 3.63) is 0 Å². The van der Waals surface area contributed by atoms with Gasteiger partial charge in [-0.1, -0.05) is 13.3 Å². The summed E-state index contributed by atoms with van der Waals surface area (Å²) in [6, 6.07) is 1.29. The molecular formula is C7H21NOSi. The lowest BCUT2D eigenvalue weighted by atomic mass is 10.6. The molecule has 0 saturated heterocycles. The monoisotopic (exact) mass is 163 g/mol. The van der Waals surface area contributed by atoms with E-state index in [1.54, 1.807) is 0 Å². The van der Waals surface area contributed by atoms with Crippen LogP contribution in [0.1, 0.15) is 20.3 Å². The van der Waals surface area contributed by atoms with Gasteiger partial charge in [0.25, 0.3) is 0 Å². The van der Waals surface area contributed by atoms with Gasteiger partial charge in [0.05, 0.1) is 0 Å². The smallest absolute Gasteiger partial charge is 0.186 e. The number of rotatable bonds is 4. The maximum absolute atomic E-state index is 5.61. The Hall–Kier alpha value is 0.137. The average molecular weight is 163 g/mol. The number of hydrogen-bond donors (Lipinski definition) is 1. The van der Waals surface area contributed by atoms with Gasteiger partial charge in [0.2, 0.25) is 0 Å². The molecule has 0 fully saturated rings. The van der Waals surface area contributed by atoms with Crippen molar-refractivity contribution in [2.75, 3.05) is 6.61 Å². The molecule has 0 radical (unpaired) electrons. The minimum atomic E-state index is -1.20. The van der Waals surface area contributed by atoms with Crippen molar-refractivity contribution >= 4 is 8.32 Å². The highest BCUT2D eigenvalue weighted by atomic mass is 28.4. The number of hydrogen-bond acceptors (Lipinski definition) is 2. The van der Waals surface area contributed by atoms with Gasteiger partial charge in [-0.25, -0.2) is 0 Å². The standard InChI is InChI=1S/C7H18OSi.H3N/c1-5-7-9(3,4)8-6-2;/h5-7H2,1-4H3;1H3. The Bertz CT molecular complexity index is 68.0. The van der Waals surface area contributed by atoms with E-state index >= 15 is 0 Å². The van der Waals surface area contributed by atoms with Gasteiger partial charge in [0.1, 0.15) is 0 Å². The molecule has 2 nitrogen and oxygen atoms in total. The van der Waals surface area contributed by atoms with E-state index in [4.69, 9.17) is 4.43 Å². The minimum absolute atomic E-state index is 0. The van der Waals surface area contributed by atoms with E-state index in [1.165, 1.54) is 12.5 Å². The summed E-state index contributed by atoms with van der Waals surface area (Å²) in [5.74, 6) is 0. The quantitative estimate of drug-likeness (QED) is 0.648. The molecule has 0 rings (SSSR count). The zero-order valence-electron chi connectivity index (χ0n) is 7.74. The molecule has 0 aliphatic rings. The molecule has 0 unspecified atom stereocenters. The molecule has 0 saturated carbocycles. The molecule has 10 heavy (non-hydrogen) atoms. The fourth-order valence-electron chi connectivity index (χ4n) is 1.06. The lowest BCUT2D eigenvalue weighted by Gasteiger charge is -2.20. The molecular weight excluding hydrogens is 142 g/mol. The molecule has 0 atom stereocenters. The van der Waals surface area contributed by atoms with Gasteiger partial charge in [-0.05, 0) is 26.1 Å². The lowest BCUT2D eigenvalue weighted by Crippen LogP contribution is -2.29. The molecule has 0 aromatic rings. The summed E-state index contributed by atoms with van der Waals surface area (Å²) in [5.41, 5.74) is 0. The molecule has 3 heteroatoms. The summed E-state index contributed by atoms with van der Waals surface area (Å²) in [6.45, 7) is 9.73. The van der Waals surface area contributed by atoms with E-state index in [0.29, 0.717) is 0 Å². The van der Waals surface area contributed by atoms with Gasteiger partial charge in [-0.15, -0.1) is 0 Å². The topological polar surface area (TPSA) is 44.2 Å². The van der Waals surface area contributed by atoms with Gasteiger partial charge in [-0.3, -0.25) is 0 Å². The zero-order valence-corrected chi connectivity index (χ0v) is 8.74. The van der Waals surface area contributed by atoms with E-state index in [9.17, 15) is 0 Å². The SMILES string of the molecule is CCC[Si](C)(C)OCC.N. The predicted octanol–water partition coefficient (Wildman–Crippen LogP) is 2.80. The van der Waals surface area contributed by atoms with Crippen LogP contribution in [0, 0.1) is 0 Å². The third-order valence-electron chi connectivity index (χ3n) is 1.39. The average Bonchev–Trinajstić information content (AvgIpc) is 1.64. The molecule has 64 valence electrons. The summed E-state index contributed by atoms with van der Waals surface area (Å²) >= 11 is 0. The van der Waals surface area contributed by atoms with E-state index in [-0.39, 0.29) is 6.15 Å². The van der Waals surface area contributed by atoms with Crippen LogP contribution < -0.4 is 6.15 Å². The van der Waals surface area contributed by atoms with Crippen LogP contribution in [0.25, 0.3) is 0 Å². The van der Waals surface area contributed by atoms with E-state index in [0.717, 1.165) is 6.61 Å². The van der Waals surface area contributed by atoms with Crippen LogP contribution in [-0.2, 0) is 4.43 Å². The van der Waals surface area contributed by atoms with Crippen LogP contribution in [0.15, 0.2) is 0 Å². The first-order valence-electron chi connectivity index (χ1n) is 3.76. The third kappa shape index (κ3) is 6.26. The summed E-state index contributed by atoms with van der Waals surface area (Å²) in [5, 5.41) is 0. The normalized spacial score (nSPS) is 10.8. The van der Waals surface area contributed by atoms with Gasteiger partial charge in [-0.2, -0.15) is 0 Å². The van der Waals surface area contributed by atoms with Crippen molar-refractivity contribution in [3.63, 3.8) is 0 Å². The molecule has 0 aromatic heterocycles. The van der Waals surface area contributed by atoms with Gasteiger partial charge < -0.3 is 10.6 Å². The van der Waals surface area contributed by atoms with Crippen LogP contribution in [0.3, 0.4) is 0 Å². The Morgan fingerprint density at radius 2 is 1.70 bits per heavy atom. The van der Waals surface area contributed by atoms with Crippen LogP contribution in [-0.4, -0.2) is 14.9 Å². The molecule has 0 spiro atoms. The first kappa shape index (κ1) is 12.8.